The largest absolute Gasteiger partial charge is 0.493 e. The molecule has 0 radical (unpaired) electrons. The quantitative estimate of drug-likeness (QED) is 0.485. The van der Waals surface area contributed by atoms with Gasteiger partial charge in [0, 0.05) is 5.69 Å². The molecule has 0 saturated heterocycles. The van der Waals surface area contributed by atoms with Gasteiger partial charge in [0.1, 0.15) is 0 Å². The summed E-state index contributed by atoms with van der Waals surface area (Å²) in [5, 5.41) is 0. The molecule has 0 atom stereocenters. The highest BCUT2D eigenvalue weighted by Crippen LogP contribution is 2.35. The maximum absolute atomic E-state index is 11.5. The summed E-state index contributed by atoms with van der Waals surface area (Å²) in [6.07, 6.45) is 0. The molecule has 2 N–H and O–H groups in total. The molecule has 0 saturated carbocycles. The van der Waals surface area contributed by atoms with Gasteiger partial charge in [0.25, 0.3) is 0 Å². The van der Waals surface area contributed by atoms with Crippen molar-refractivity contribution in [2.75, 3.05) is 25.8 Å². The Hall–Kier alpha value is -1.42. The number of anilines is 1. The molecule has 0 amide bonds. The predicted molar refractivity (Wildman–Crippen MR) is 59.0 cm³/mol. The maximum atomic E-state index is 11.5. The van der Waals surface area contributed by atoms with Crippen molar-refractivity contribution in [1.82, 2.24) is 0 Å². The lowest BCUT2D eigenvalue weighted by atomic mass is 10.1. The first-order valence-corrected chi connectivity index (χ1v) is 4.78. The normalized spacial score (nSPS) is 9.80. The molecule has 5 heteroatoms. The minimum absolute atomic E-state index is 0.145. The predicted octanol–water partition coefficient (Wildman–Crippen LogP) is 1.71. The lowest BCUT2D eigenvalue weighted by Gasteiger charge is -2.13. The Morgan fingerprint density at radius 1 is 1.40 bits per heavy atom. The first-order chi connectivity index (χ1) is 7.15. The Morgan fingerprint density at radius 2 is 2.07 bits per heavy atom. The lowest BCUT2D eigenvalue weighted by molar-refractivity contribution is 0.101. The smallest absolute Gasteiger partial charge is 0.183 e. The lowest BCUT2D eigenvalue weighted by Crippen LogP contribution is -2.08. The molecule has 0 aliphatic rings. The SMILES string of the molecule is COc1ccc(N)c(C(=O)CCl)c1OC. The summed E-state index contributed by atoms with van der Waals surface area (Å²) in [6, 6.07) is 3.22. The van der Waals surface area contributed by atoms with E-state index in [0.29, 0.717) is 17.2 Å². The number of nitrogen functional groups attached to an aromatic ring is 1. The standard InChI is InChI=1S/C10H12ClNO3/c1-14-8-4-3-6(12)9(7(13)5-11)10(8)15-2/h3-4H,5,12H2,1-2H3. The fourth-order valence-electron chi connectivity index (χ4n) is 1.30. The molecule has 0 unspecified atom stereocenters. The van der Waals surface area contributed by atoms with Crippen LogP contribution in [0, 0.1) is 0 Å². The number of ether oxygens (including phenoxy) is 2. The number of nitrogens with two attached hydrogens (primary N) is 1. The van der Waals surface area contributed by atoms with Gasteiger partial charge in [-0.2, -0.15) is 0 Å². The summed E-state index contributed by atoms with van der Waals surface area (Å²) in [4.78, 5) is 11.5. The second kappa shape index (κ2) is 4.89. The van der Waals surface area contributed by atoms with Gasteiger partial charge in [-0.3, -0.25) is 4.79 Å². The average molecular weight is 230 g/mol. The van der Waals surface area contributed by atoms with Crippen LogP contribution in [0.2, 0.25) is 0 Å². The number of ketones is 1. The summed E-state index contributed by atoms with van der Waals surface area (Å²) in [6.45, 7) is 0. The third-order valence-corrected chi connectivity index (χ3v) is 2.22. The zero-order valence-corrected chi connectivity index (χ0v) is 9.30. The Morgan fingerprint density at radius 3 is 2.53 bits per heavy atom. The fraction of sp³-hybridized carbons (Fsp3) is 0.300. The van der Waals surface area contributed by atoms with Gasteiger partial charge in [-0.1, -0.05) is 0 Å². The van der Waals surface area contributed by atoms with Crippen molar-refractivity contribution in [3.05, 3.63) is 17.7 Å². The summed E-state index contributed by atoms with van der Waals surface area (Å²) in [5.74, 6) is 0.349. The van der Waals surface area contributed by atoms with E-state index >= 15 is 0 Å². The number of benzene rings is 1. The maximum Gasteiger partial charge on any atom is 0.183 e. The van der Waals surface area contributed by atoms with E-state index in [1.165, 1.54) is 14.2 Å². The highest BCUT2D eigenvalue weighted by atomic mass is 35.5. The van der Waals surface area contributed by atoms with Crippen LogP contribution in [0.25, 0.3) is 0 Å². The van der Waals surface area contributed by atoms with Gasteiger partial charge in [-0.05, 0) is 12.1 Å². The second-order valence-corrected chi connectivity index (χ2v) is 3.09. The molecule has 0 bridgehead atoms. The molecular formula is C10H12ClNO3. The molecule has 1 aromatic rings. The summed E-state index contributed by atoms with van der Waals surface area (Å²) in [7, 11) is 2.94. The van der Waals surface area contributed by atoms with Crippen LogP contribution in [0.5, 0.6) is 11.5 Å². The number of Topliss-reactive ketones (excluding diaryl/α,β-unsaturated/α-hetero) is 1. The number of methoxy groups -OCH3 is 2. The van der Waals surface area contributed by atoms with Crippen LogP contribution in [0.3, 0.4) is 0 Å². The van der Waals surface area contributed by atoms with Crippen LogP contribution < -0.4 is 15.2 Å². The first-order valence-electron chi connectivity index (χ1n) is 4.25. The summed E-state index contributed by atoms with van der Waals surface area (Å²) < 4.78 is 10.1. The number of halogens is 1. The van der Waals surface area contributed by atoms with Gasteiger partial charge in [0.05, 0.1) is 25.7 Å². The molecule has 0 aliphatic carbocycles. The van der Waals surface area contributed by atoms with Crippen LogP contribution in [0.15, 0.2) is 12.1 Å². The number of rotatable bonds is 4. The molecule has 0 fully saturated rings. The number of carbonyl (C=O) groups is 1. The highest BCUT2D eigenvalue weighted by Gasteiger charge is 2.18. The van der Waals surface area contributed by atoms with Crippen molar-refractivity contribution in [3.8, 4) is 11.5 Å². The van der Waals surface area contributed by atoms with Gasteiger partial charge < -0.3 is 15.2 Å². The van der Waals surface area contributed by atoms with Crippen LogP contribution in [-0.2, 0) is 0 Å². The molecule has 1 rings (SSSR count). The molecule has 0 heterocycles. The van der Waals surface area contributed by atoms with Crippen molar-refractivity contribution in [3.63, 3.8) is 0 Å². The minimum atomic E-state index is -0.287. The van der Waals surface area contributed by atoms with E-state index in [0.717, 1.165) is 0 Å². The molecule has 1 aromatic carbocycles. The van der Waals surface area contributed by atoms with E-state index in [-0.39, 0.29) is 17.2 Å². The van der Waals surface area contributed by atoms with E-state index in [9.17, 15) is 4.79 Å². The van der Waals surface area contributed by atoms with Crippen LogP contribution in [-0.4, -0.2) is 25.9 Å². The van der Waals surface area contributed by atoms with Crippen molar-refractivity contribution < 1.29 is 14.3 Å². The van der Waals surface area contributed by atoms with E-state index in [1.54, 1.807) is 12.1 Å². The molecule has 0 aromatic heterocycles. The van der Waals surface area contributed by atoms with Gasteiger partial charge in [0.15, 0.2) is 17.3 Å². The topological polar surface area (TPSA) is 61.5 Å². The summed E-state index contributed by atoms with van der Waals surface area (Å²) in [5.41, 5.74) is 6.28. The second-order valence-electron chi connectivity index (χ2n) is 2.82. The molecule has 4 nitrogen and oxygen atoms in total. The van der Waals surface area contributed by atoms with E-state index in [1.807, 2.05) is 0 Å². The van der Waals surface area contributed by atoms with Crippen LogP contribution >= 0.6 is 11.6 Å². The zero-order chi connectivity index (χ0) is 11.4. The highest BCUT2D eigenvalue weighted by molar-refractivity contribution is 6.31. The van der Waals surface area contributed by atoms with Crippen molar-refractivity contribution in [2.24, 2.45) is 0 Å². The Labute approximate surface area is 92.9 Å². The van der Waals surface area contributed by atoms with Crippen molar-refractivity contribution >= 4 is 23.1 Å². The molecule has 0 spiro atoms. The third kappa shape index (κ3) is 2.15. The van der Waals surface area contributed by atoms with Crippen LogP contribution in [0.1, 0.15) is 10.4 Å². The number of hydrogen-bond donors (Lipinski definition) is 1. The van der Waals surface area contributed by atoms with Gasteiger partial charge in [0.2, 0.25) is 0 Å². The van der Waals surface area contributed by atoms with Gasteiger partial charge in [-0.15, -0.1) is 11.6 Å². The van der Waals surface area contributed by atoms with E-state index in [2.05, 4.69) is 0 Å². The van der Waals surface area contributed by atoms with Gasteiger partial charge in [-0.25, -0.2) is 0 Å². The average Bonchev–Trinajstić information content (AvgIpc) is 2.27. The van der Waals surface area contributed by atoms with E-state index < -0.39 is 0 Å². The Bertz CT molecular complexity index is 379. The Balaban J connectivity index is 3.38. The van der Waals surface area contributed by atoms with Crippen molar-refractivity contribution in [1.29, 1.82) is 0 Å². The molecule has 0 aliphatic heterocycles. The molecular weight excluding hydrogens is 218 g/mol. The monoisotopic (exact) mass is 229 g/mol. The molecule has 15 heavy (non-hydrogen) atoms. The summed E-state index contributed by atoms with van der Waals surface area (Å²) >= 11 is 5.48. The first kappa shape index (κ1) is 11.7. The minimum Gasteiger partial charge on any atom is -0.493 e. The number of hydrogen-bond acceptors (Lipinski definition) is 4. The Kier molecular flexibility index (Phi) is 3.80. The van der Waals surface area contributed by atoms with Gasteiger partial charge >= 0.3 is 0 Å². The molecule has 82 valence electrons. The van der Waals surface area contributed by atoms with Crippen molar-refractivity contribution in [2.45, 2.75) is 0 Å². The fourth-order valence-corrected chi connectivity index (χ4v) is 1.43. The number of carbonyl (C=O) groups excluding carboxylic acids is 1. The zero-order valence-electron chi connectivity index (χ0n) is 8.54. The van der Waals surface area contributed by atoms with Crippen LogP contribution in [0.4, 0.5) is 5.69 Å². The number of alkyl halides is 1. The third-order valence-electron chi connectivity index (χ3n) is 1.98. The van der Waals surface area contributed by atoms with E-state index in [4.69, 9.17) is 26.8 Å².